The summed E-state index contributed by atoms with van der Waals surface area (Å²) in [6, 6.07) is 0. The lowest BCUT2D eigenvalue weighted by Gasteiger charge is -2.07. The van der Waals surface area contributed by atoms with Gasteiger partial charge in [-0.3, -0.25) is 0 Å². The Labute approximate surface area is 139 Å². The second kappa shape index (κ2) is 18.5. The lowest BCUT2D eigenvalue weighted by Crippen LogP contribution is -2.04. The normalized spacial score (nSPS) is 13.4. The molecule has 0 amide bonds. The van der Waals surface area contributed by atoms with Crippen molar-refractivity contribution in [1.29, 1.82) is 0 Å². The SMILES string of the molecule is CCCCC/C=C\C=C\CC(O)CCCCCCCCCC. The molecule has 1 unspecified atom stereocenters. The molecule has 22 heavy (non-hydrogen) atoms. The zero-order valence-corrected chi connectivity index (χ0v) is 15.2. The van der Waals surface area contributed by atoms with Gasteiger partial charge in [-0.25, -0.2) is 0 Å². The molecule has 1 atom stereocenters. The Morgan fingerprint density at radius 3 is 1.91 bits per heavy atom. The Morgan fingerprint density at radius 2 is 1.23 bits per heavy atom. The molecule has 0 aromatic carbocycles. The zero-order chi connectivity index (χ0) is 16.3. The van der Waals surface area contributed by atoms with E-state index in [1.54, 1.807) is 0 Å². The summed E-state index contributed by atoms with van der Waals surface area (Å²) in [5.41, 5.74) is 0. The van der Waals surface area contributed by atoms with E-state index < -0.39 is 0 Å². The van der Waals surface area contributed by atoms with Crippen LogP contribution in [0.3, 0.4) is 0 Å². The molecule has 1 nitrogen and oxygen atoms in total. The maximum atomic E-state index is 9.92. The number of aliphatic hydroxyl groups is 1. The molecule has 0 aromatic heterocycles. The topological polar surface area (TPSA) is 20.2 Å². The quantitative estimate of drug-likeness (QED) is 0.241. The van der Waals surface area contributed by atoms with Gasteiger partial charge in [-0.1, -0.05) is 102 Å². The van der Waals surface area contributed by atoms with E-state index in [1.807, 2.05) is 0 Å². The first kappa shape index (κ1) is 21.4. The Bertz CT molecular complexity index is 255. The van der Waals surface area contributed by atoms with Gasteiger partial charge in [0.1, 0.15) is 0 Å². The van der Waals surface area contributed by atoms with E-state index in [4.69, 9.17) is 0 Å². The summed E-state index contributed by atoms with van der Waals surface area (Å²) in [5.74, 6) is 0. The maximum absolute atomic E-state index is 9.92. The number of hydrogen-bond donors (Lipinski definition) is 1. The molecule has 0 saturated heterocycles. The molecule has 0 spiro atoms. The Morgan fingerprint density at radius 1 is 0.682 bits per heavy atom. The van der Waals surface area contributed by atoms with Crippen LogP contribution in [-0.4, -0.2) is 11.2 Å². The number of allylic oxidation sites excluding steroid dienone is 3. The molecular weight excluding hydrogens is 268 g/mol. The molecule has 0 aliphatic carbocycles. The van der Waals surface area contributed by atoms with Crippen molar-refractivity contribution in [2.24, 2.45) is 0 Å². The maximum Gasteiger partial charge on any atom is 0.0574 e. The summed E-state index contributed by atoms with van der Waals surface area (Å²) >= 11 is 0. The average molecular weight is 309 g/mol. The van der Waals surface area contributed by atoms with Crippen LogP contribution < -0.4 is 0 Å². The average Bonchev–Trinajstić information content (AvgIpc) is 2.52. The number of hydrogen-bond acceptors (Lipinski definition) is 1. The monoisotopic (exact) mass is 308 g/mol. The molecule has 0 heterocycles. The second-order valence-corrected chi connectivity index (χ2v) is 6.51. The molecule has 0 bridgehead atoms. The van der Waals surface area contributed by atoms with Crippen molar-refractivity contribution in [1.82, 2.24) is 0 Å². The molecular formula is C21H40O. The van der Waals surface area contributed by atoms with E-state index in [0.717, 1.165) is 12.8 Å². The minimum Gasteiger partial charge on any atom is -0.393 e. The van der Waals surface area contributed by atoms with Crippen molar-refractivity contribution >= 4 is 0 Å². The highest BCUT2D eigenvalue weighted by Gasteiger charge is 2.00. The van der Waals surface area contributed by atoms with Crippen molar-refractivity contribution in [2.45, 2.75) is 110 Å². The molecule has 1 heteroatoms. The van der Waals surface area contributed by atoms with Gasteiger partial charge in [0.25, 0.3) is 0 Å². The lowest BCUT2D eigenvalue weighted by atomic mass is 10.0. The van der Waals surface area contributed by atoms with Gasteiger partial charge in [0.15, 0.2) is 0 Å². The summed E-state index contributed by atoms with van der Waals surface area (Å²) in [6.45, 7) is 4.50. The zero-order valence-electron chi connectivity index (χ0n) is 15.2. The van der Waals surface area contributed by atoms with Crippen LogP contribution in [0.25, 0.3) is 0 Å². The van der Waals surface area contributed by atoms with Gasteiger partial charge in [-0.15, -0.1) is 0 Å². The molecule has 1 N–H and O–H groups in total. The fourth-order valence-electron chi connectivity index (χ4n) is 2.63. The van der Waals surface area contributed by atoms with Gasteiger partial charge in [0.05, 0.1) is 6.10 Å². The van der Waals surface area contributed by atoms with Crippen LogP contribution in [0, 0.1) is 0 Å². The van der Waals surface area contributed by atoms with Gasteiger partial charge in [-0.2, -0.15) is 0 Å². The van der Waals surface area contributed by atoms with Gasteiger partial charge >= 0.3 is 0 Å². The molecule has 0 aliphatic heterocycles. The number of rotatable bonds is 16. The summed E-state index contributed by atoms with van der Waals surface area (Å²) in [5, 5.41) is 9.92. The highest BCUT2D eigenvalue weighted by Crippen LogP contribution is 2.12. The fourth-order valence-corrected chi connectivity index (χ4v) is 2.63. The molecule has 0 aliphatic rings. The third-order valence-electron chi connectivity index (χ3n) is 4.16. The van der Waals surface area contributed by atoms with Gasteiger partial charge < -0.3 is 5.11 Å². The first-order valence-electron chi connectivity index (χ1n) is 9.81. The molecule has 0 saturated carbocycles. The molecule has 130 valence electrons. The van der Waals surface area contributed by atoms with Crippen LogP contribution in [0.4, 0.5) is 0 Å². The van der Waals surface area contributed by atoms with Crippen LogP contribution in [0.2, 0.25) is 0 Å². The van der Waals surface area contributed by atoms with E-state index in [9.17, 15) is 5.11 Å². The van der Waals surface area contributed by atoms with Gasteiger partial charge in [-0.05, 0) is 25.7 Å². The van der Waals surface area contributed by atoms with Gasteiger partial charge in [0, 0.05) is 0 Å². The summed E-state index contributed by atoms with van der Waals surface area (Å²) < 4.78 is 0. The summed E-state index contributed by atoms with van der Waals surface area (Å²) in [6.07, 6.45) is 25.9. The molecule has 0 aromatic rings. The van der Waals surface area contributed by atoms with E-state index in [2.05, 4.69) is 38.2 Å². The lowest BCUT2D eigenvalue weighted by molar-refractivity contribution is 0.163. The molecule has 0 fully saturated rings. The number of aliphatic hydroxyl groups excluding tert-OH is 1. The van der Waals surface area contributed by atoms with Crippen molar-refractivity contribution in [3.05, 3.63) is 24.3 Å². The van der Waals surface area contributed by atoms with Crippen molar-refractivity contribution in [3.63, 3.8) is 0 Å². The predicted molar refractivity (Wildman–Crippen MR) is 100 cm³/mol. The molecule has 0 rings (SSSR count). The smallest absolute Gasteiger partial charge is 0.0574 e. The Kier molecular flexibility index (Phi) is 18.0. The third kappa shape index (κ3) is 17.5. The summed E-state index contributed by atoms with van der Waals surface area (Å²) in [7, 11) is 0. The standard InChI is InChI=1S/C21H40O/c1-3-5-7-9-11-13-15-17-19-21(22)20-18-16-14-12-10-8-6-4-2/h11,13,15,17,21-22H,3-10,12,14,16,18-20H2,1-2H3/b13-11-,17-15+. The van der Waals surface area contributed by atoms with Crippen LogP contribution in [0.15, 0.2) is 24.3 Å². The van der Waals surface area contributed by atoms with Crippen LogP contribution in [0.1, 0.15) is 104 Å². The summed E-state index contributed by atoms with van der Waals surface area (Å²) in [4.78, 5) is 0. The van der Waals surface area contributed by atoms with E-state index >= 15 is 0 Å². The van der Waals surface area contributed by atoms with Crippen molar-refractivity contribution in [3.8, 4) is 0 Å². The van der Waals surface area contributed by atoms with Gasteiger partial charge in [0.2, 0.25) is 0 Å². The van der Waals surface area contributed by atoms with E-state index in [-0.39, 0.29) is 6.10 Å². The van der Waals surface area contributed by atoms with Crippen molar-refractivity contribution in [2.75, 3.05) is 0 Å². The molecule has 0 radical (unpaired) electrons. The minimum absolute atomic E-state index is 0.148. The number of unbranched alkanes of at least 4 members (excludes halogenated alkanes) is 10. The second-order valence-electron chi connectivity index (χ2n) is 6.51. The minimum atomic E-state index is -0.148. The van der Waals surface area contributed by atoms with Crippen LogP contribution in [0.5, 0.6) is 0 Å². The van der Waals surface area contributed by atoms with Crippen LogP contribution in [-0.2, 0) is 0 Å². The van der Waals surface area contributed by atoms with Crippen molar-refractivity contribution < 1.29 is 5.11 Å². The first-order chi connectivity index (χ1) is 10.8. The van der Waals surface area contributed by atoms with Crippen LogP contribution >= 0.6 is 0 Å². The third-order valence-corrected chi connectivity index (χ3v) is 4.16. The van der Waals surface area contributed by atoms with E-state index in [1.165, 1.54) is 77.0 Å². The Hall–Kier alpha value is -0.560. The van der Waals surface area contributed by atoms with E-state index in [0.29, 0.717) is 0 Å². The predicted octanol–water partition coefficient (Wildman–Crippen LogP) is 6.96. The highest BCUT2D eigenvalue weighted by atomic mass is 16.3. The first-order valence-corrected chi connectivity index (χ1v) is 9.81. The Balaban J connectivity index is 3.33. The highest BCUT2D eigenvalue weighted by molar-refractivity contribution is 5.02. The largest absolute Gasteiger partial charge is 0.393 e. The fraction of sp³-hybridized carbons (Fsp3) is 0.810.